The number of pyridine rings is 1. The number of guanidine groups is 1. The molecule has 0 amide bonds. The van der Waals surface area contributed by atoms with Crippen LogP contribution in [0.3, 0.4) is 0 Å². The SMILES string of the molecule is CC(C)Oc1ccc(NC(=NCCCCn2ccccc2=O)NCCc2ccco2)cc1. The Balaban J connectivity index is 1.53. The Morgan fingerprint density at radius 3 is 2.66 bits per heavy atom. The molecule has 0 bridgehead atoms. The first-order valence-corrected chi connectivity index (χ1v) is 11.1. The summed E-state index contributed by atoms with van der Waals surface area (Å²) in [4.78, 5) is 16.5. The van der Waals surface area contributed by atoms with Crippen molar-refractivity contribution in [3.63, 3.8) is 0 Å². The van der Waals surface area contributed by atoms with Crippen molar-refractivity contribution >= 4 is 11.6 Å². The molecule has 1 aromatic carbocycles. The van der Waals surface area contributed by atoms with E-state index in [1.807, 2.05) is 62.5 Å². The molecular weight excluding hydrogens is 404 g/mol. The second-order valence-corrected chi connectivity index (χ2v) is 7.74. The first-order valence-electron chi connectivity index (χ1n) is 11.1. The van der Waals surface area contributed by atoms with Gasteiger partial charge in [-0.15, -0.1) is 0 Å². The number of hydrogen-bond donors (Lipinski definition) is 2. The smallest absolute Gasteiger partial charge is 0.250 e. The fourth-order valence-electron chi connectivity index (χ4n) is 3.15. The fourth-order valence-corrected chi connectivity index (χ4v) is 3.15. The fraction of sp³-hybridized carbons (Fsp3) is 0.360. The molecule has 32 heavy (non-hydrogen) atoms. The molecule has 0 saturated carbocycles. The first kappa shape index (κ1) is 23.2. The van der Waals surface area contributed by atoms with Crippen LogP contribution in [0.25, 0.3) is 0 Å². The van der Waals surface area contributed by atoms with Crippen LogP contribution >= 0.6 is 0 Å². The first-order chi connectivity index (χ1) is 15.6. The highest BCUT2D eigenvalue weighted by atomic mass is 16.5. The molecule has 3 aromatic rings. The highest BCUT2D eigenvalue weighted by molar-refractivity contribution is 5.93. The lowest BCUT2D eigenvalue weighted by Gasteiger charge is -2.14. The molecule has 0 aliphatic heterocycles. The van der Waals surface area contributed by atoms with E-state index in [1.54, 1.807) is 23.0 Å². The van der Waals surface area contributed by atoms with E-state index in [1.165, 1.54) is 0 Å². The quantitative estimate of drug-likeness (QED) is 0.266. The number of furan rings is 1. The van der Waals surface area contributed by atoms with E-state index in [2.05, 4.69) is 10.6 Å². The number of unbranched alkanes of at least 4 members (excludes halogenated alkanes) is 1. The van der Waals surface area contributed by atoms with Gasteiger partial charge in [-0.2, -0.15) is 0 Å². The van der Waals surface area contributed by atoms with Crippen molar-refractivity contribution in [3.05, 3.63) is 83.2 Å². The van der Waals surface area contributed by atoms with Gasteiger partial charge in [0.2, 0.25) is 5.56 Å². The van der Waals surface area contributed by atoms with Crippen LogP contribution in [0.4, 0.5) is 5.69 Å². The van der Waals surface area contributed by atoms with E-state index in [-0.39, 0.29) is 11.7 Å². The van der Waals surface area contributed by atoms with Gasteiger partial charge >= 0.3 is 0 Å². The normalized spacial score (nSPS) is 11.5. The third kappa shape index (κ3) is 7.98. The van der Waals surface area contributed by atoms with E-state index >= 15 is 0 Å². The minimum absolute atomic E-state index is 0.0304. The maximum absolute atomic E-state index is 11.8. The van der Waals surface area contributed by atoms with Gasteiger partial charge in [-0.3, -0.25) is 9.79 Å². The number of anilines is 1. The summed E-state index contributed by atoms with van der Waals surface area (Å²) in [7, 11) is 0. The summed E-state index contributed by atoms with van der Waals surface area (Å²) >= 11 is 0. The van der Waals surface area contributed by atoms with Gasteiger partial charge in [-0.1, -0.05) is 6.07 Å². The summed E-state index contributed by atoms with van der Waals surface area (Å²) in [5, 5.41) is 6.72. The molecule has 0 aliphatic carbocycles. The van der Waals surface area contributed by atoms with Crippen LogP contribution in [0.2, 0.25) is 0 Å². The zero-order valence-electron chi connectivity index (χ0n) is 18.8. The van der Waals surface area contributed by atoms with Gasteiger partial charge in [0.15, 0.2) is 5.96 Å². The Kier molecular flexibility index (Phi) is 8.98. The standard InChI is InChI=1S/C25H32N4O3/c1-20(2)32-23-12-10-21(11-13-23)28-25(27-16-14-22-8-7-19-31-22)26-15-4-6-18-29-17-5-3-9-24(29)30/h3,5,7-13,17,19-20H,4,6,14-16,18H2,1-2H3,(H2,26,27,28). The van der Waals surface area contributed by atoms with Gasteiger partial charge in [-0.25, -0.2) is 0 Å². The topological polar surface area (TPSA) is 80.8 Å². The molecule has 7 heteroatoms. The molecule has 7 nitrogen and oxygen atoms in total. The van der Waals surface area contributed by atoms with Crippen molar-refractivity contribution in [1.29, 1.82) is 0 Å². The maximum Gasteiger partial charge on any atom is 0.250 e. The number of ether oxygens (including phenoxy) is 1. The van der Waals surface area contributed by atoms with Crippen molar-refractivity contribution in [1.82, 2.24) is 9.88 Å². The van der Waals surface area contributed by atoms with Gasteiger partial charge < -0.3 is 24.4 Å². The third-order valence-electron chi connectivity index (χ3n) is 4.71. The van der Waals surface area contributed by atoms with Gasteiger partial charge in [0.1, 0.15) is 11.5 Å². The van der Waals surface area contributed by atoms with Crippen molar-refractivity contribution in [2.75, 3.05) is 18.4 Å². The lowest BCUT2D eigenvalue weighted by molar-refractivity contribution is 0.242. The summed E-state index contributed by atoms with van der Waals surface area (Å²) in [6.07, 6.45) is 6.18. The van der Waals surface area contributed by atoms with Gasteiger partial charge in [0.05, 0.1) is 12.4 Å². The summed E-state index contributed by atoms with van der Waals surface area (Å²) in [5.74, 6) is 2.48. The van der Waals surface area contributed by atoms with Gasteiger partial charge in [0, 0.05) is 44.0 Å². The average molecular weight is 437 g/mol. The number of aryl methyl sites for hydroxylation is 1. The van der Waals surface area contributed by atoms with Crippen LogP contribution < -0.4 is 20.9 Å². The molecule has 2 aromatic heterocycles. The number of aromatic nitrogens is 1. The van der Waals surface area contributed by atoms with Crippen molar-refractivity contribution < 1.29 is 9.15 Å². The molecule has 0 aliphatic rings. The average Bonchev–Trinajstić information content (AvgIpc) is 3.29. The molecular formula is C25H32N4O3. The summed E-state index contributed by atoms with van der Waals surface area (Å²) in [6.45, 7) is 6.07. The van der Waals surface area contributed by atoms with Crippen molar-refractivity contribution in [3.8, 4) is 5.75 Å². The van der Waals surface area contributed by atoms with Crippen molar-refractivity contribution in [2.24, 2.45) is 4.99 Å². The second-order valence-electron chi connectivity index (χ2n) is 7.74. The number of aliphatic imine (C=N–C) groups is 1. The summed E-state index contributed by atoms with van der Waals surface area (Å²) < 4.78 is 12.8. The van der Waals surface area contributed by atoms with Crippen LogP contribution in [0, 0.1) is 0 Å². The predicted octanol–water partition coefficient (Wildman–Crippen LogP) is 4.31. The summed E-state index contributed by atoms with van der Waals surface area (Å²) in [6, 6.07) is 16.9. The lowest BCUT2D eigenvalue weighted by atomic mass is 10.3. The van der Waals surface area contributed by atoms with Crippen LogP contribution in [-0.4, -0.2) is 29.7 Å². The number of nitrogens with one attached hydrogen (secondary N) is 2. The third-order valence-corrected chi connectivity index (χ3v) is 4.71. The minimum Gasteiger partial charge on any atom is -0.491 e. The Labute approximate surface area is 189 Å². The number of rotatable bonds is 11. The summed E-state index contributed by atoms with van der Waals surface area (Å²) in [5.41, 5.74) is 0.962. The van der Waals surface area contributed by atoms with Gasteiger partial charge in [-0.05, 0) is 69.2 Å². The van der Waals surface area contributed by atoms with Crippen LogP contribution in [0.15, 0.2) is 81.3 Å². The molecule has 0 fully saturated rings. The zero-order chi connectivity index (χ0) is 22.6. The Morgan fingerprint density at radius 1 is 1.09 bits per heavy atom. The Hall–Kier alpha value is -3.48. The van der Waals surface area contributed by atoms with Crippen LogP contribution in [0.5, 0.6) is 5.75 Å². The molecule has 0 saturated heterocycles. The van der Waals surface area contributed by atoms with E-state index in [0.29, 0.717) is 25.6 Å². The molecule has 2 N–H and O–H groups in total. The second kappa shape index (κ2) is 12.4. The molecule has 0 radical (unpaired) electrons. The molecule has 3 rings (SSSR count). The van der Waals surface area contributed by atoms with E-state index in [4.69, 9.17) is 14.1 Å². The van der Waals surface area contributed by atoms with Crippen LogP contribution in [0.1, 0.15) is 32.4 Å². The van der Waals surface area contributed by atoms with E-state index < -0.39 is 0 Å². The number of hydrogen-bond acceptors (Lipinski definition) is 4. The predicted molar refractivity (Wildman–Crippen MR) is 128 cm³/mol. The zero-order valence-corrected chi connectivity index (χ0v) is 18.8. The molecule has 170 valence electrons. The highest BCUT2D eigenvalue weighted by Crippen LogP contribution is 2.16. The Bertz CT molecular complexity index is 1010. The minimum atomic E-state index is 0.0304. The van der Waals surface area contributed by atoms with E-state index in [9.17, 15) is 4.79 Å². The number of nitrogens with zero attached hydrogens (tertiary/aromatic N) is 2. The van der Waals surface area contributed by atoms with Crippen molar-refractivity contribution in [2.45, 2.75) is 45.8 Å². The van der Waals surface area contributed by atoms with Gasteiger partial charge in [0.25, 0.3) is 0 Å². The Morgan fingerprint density at radius 2 is 1.94 bits per heavy atom. The lowest BCUT2D eigenvalue weighted by Crippen LogP contribution is -2.32. The van der Waals surface area contributed by atoms with E-state index in [0.717, 1.165) is 36.5 Å². The monoisotopic (exact) mass is 436 g/mol. The largest absolute Gasteiger partial charge is 0.491 e. The highest BCUT2D eigenvalue weighted by Gasteiger charge is 2.03. The molecule has 2 heterocycles. The molecule has 0 spiro atoms. The molecule has 0 unspecified atom stereocenters. The maximum atomic E-state index is 11.8. The number of benzene rings is 1. The molecule has 0 atom stereocenters. The van der Waals surface area contributed by atoms with Crippen LogP contribution in [-0.2, 0) is 13.0 Å².